The van der Waals surface area contributed by atoms with Crippen molar-refractivity contribution < 1.29 is 21.1 Å². The standard InChI is InChI=1S/C11H18N.C4H9.W/c1-11(2,3)9-5-7-10(12-4)8-6-9;1-4(2)3;/h9H,5-8H2,1-3H3;1-3H3;/q2*-1;+2. The average molecular weight is 405 g/mol. The molecular weight excluding hydrogens is 378 g/mol. The van der Waals surface area contributed by atoms with E-state index in [2.05, 4.69) is 46.4 Å². The fourth-order valence-electron chi connectivity index (χ4n) is 1.93. The van der Waals surface area contributed by atoms with Crippen LogP contribution in [0.3, 0.4) is 0 Å². The Kier molecular flexibility index (Phi) is 10.3. The summed E-state index contributed by atoms with van der Waals surface area (Å²) in [6.07, 6.45) is 4.54. The van der Waals surface area contributed by atoms with Crippen molar-refractivity contribution in [2.45, 2.75) is 67.2 Å². The molecule has 1 rings (SSSR count). The summed E-state index contributed by atoms with van der Waals surface area (Å²) in [6.45, 7) is 20.1. The minimum absolute atomic E-state index is 0. The van der Waals surface area contributed by atoms with Crippen LogP contribution < -0.4 is 0 Å². The second-order valence-corrected chi connectivity index (χ2v) is 6.32. The fourth-order valence-corrected chi connectivity index (χ4v) is 1.93. The molecule has 1 nitrogen and oxygen atoms in total. The molecule has 0 radical (unpaired) electrons. The van der Waals surface area contributed by atoms with Gasteiger partial charge in [-0.1, -0.05) is 46.5 Å². The Hall–Kier alpha value is 0.0483. The van der Waals surface area contributed by atoms with E-state index in [1.165, 1.54) is 18.8 Å². The molecule has 0 N–H and O–H groups in total. The van der Waals surface area contributed by atoms with Gasteiger partial charge in [0.15, 0.2) is 0 Å². The van der Waals surface area contributed by atoms with Gasteiger partial charge in [-0.05, 0) is 17.4 Å². The normalized spacial score (nSPS) is 16.7. The van der Waals surface area contributed by atoms with Crippen molar-refractivity contribution in [3.05, 3.63) is 23.4 Å². The first kappa shape index (κ1) is 19.4. The first-order valence-electron chi connectivity index (χ1n) is 6.26. The molecule has 17 heavy (non-hydrogen) atoms. The summed E-state index contributed by atoms with van der Waals surface area (Å²) in [5.41, 5.74) is 0.438. The van der Waals surface area contributed by atoms with Gasteiger partial charge in [0.25, 0.3) is 0 Å². The molecule has 0 aromatic carbocycles. The Labute approximate surface area is 123 Å². The summed E-state index contributed by atoms with van der Waals surface area (Å²) in [5, 5.41) is 0. The minimum Gasteiger partial charge on any atom is -0.458 e. The van der Waals surface area contributed by atoms with Crippen LogP contribution >= 0.6 is 0 Å². The quantitative estimate of drug-likeness (QED) is 0.483. The van der Waals surface area contributed by atoms with Gasteiger partial charge < -0.3 is 10.8 Å². The van der Waals surface area contributed by atoms with Crippen LogP contribution in [0, 0.1) is 29.9 Å². The maximum absolute atomic E-state index is 6.91. The van der Waals surface area contributed by atoms with Gasteiger partial charge in [0.1, 0.15) is 0 Å². The van der Waals surface area contributed by atoms with Gasteiger partial charge in [-0.25, -0.2) is 0 Å². The van der Waals surface area contributed by atoms with Gasteiger partial charge >= 0.3 is 21.1 Å². The first-order valence-corrected chi connectivity index (χ1v) is 6.26. The summed E-state index contributed by atoms with van der Waals surface area (Å²) in [4.78, 5) is 3.53. The van der Waals surface area contributed by atoms with Crippen molar-refractivity contribution in [2.75, 3.05) is 0 Å². The summed E-state index contributed by atoms with van der Waals surface area (Å²) < 4.78 is 0. The van der Waals surface area contributed by atoms with Crippen molar-refractivity contribution in [3.8, 4) is 0 Å². The van der Waals surface area contributed by atoms with Crippen LogP contribution in [0.4, 0.5) is 0 Å². The van der Waals surface area contributed by atoms with Crippen LogP contribution in [-0.4, -0.2) is 0 Å². The van der Waals surface area contributed by atoms with Crippen LogP contribution in [0.5, 0.6) is 0 Å². The molecule has 0 heterocycles. The molecule has 0 atom stereocenters. The number of nitrogens with zero attached hydrogens (tertiary/aromatic N) is 1. The Bertz CT molecular complexity index is 211. The van der Waals surface area contributed by atoms with Crippen LogP contribution in [0.15, 0.2) is 0 Å². The zero-order valence-corrected chi connectivity index (χ0v) is 15.2. The van der Waals surface area contributed by atoms with Crippen LogP contribution in [-0.2, 0) is 21.1 Å². The molecule has 0 unspecified atom stereocenters. The monoisotopic (exact) mass is 405 g/mol. The zero-order chi connectivity index (χ0) is 12.8. The molecule has 2 heteroatoms. The summed E-state index contributed by atoms with van der Waals surface area (Å²) in [7, 11) is 0. The van der Waals surface area contributed by atoms with Gasteiger partial charge in [0, 0.05) is 0 Å². The molecule has 98 valence electrons. The van der Waals surface area contributed by atoms with Crippen molar-refractivity contribution in [3.63, 3.8) is 0 Å². The summed E-state index contributed by atoms with van der Waals surface area (Å²) in [6, 6.07) is 1.09. The molecule has 0 aromatic heterocycles. The molecule has 0 spiro atoms. The Morgan fingerprint density at radius 2 is 1.47 bits per heavy atom. The maximum Gasteiger partial charge on any atom is 2.00 e. The van der Waals surface area contributed by atoms with E-state index in [1.54, 1.807) is 0 Å². The van der Waals surface area contributed by atoms with E-state index >= 15 is 0 Å². The van der Waals surface area contributed by atoms with E-state index < -0.39 is 0 Å². The van der Waals surface area contributed by atoms with Gasteiger partial charge in [0.05, 0.1) is 0 Å². The Morgan fingerprint density at radius 1 is 1.12 bits per heavy atom. The Balaban J connectivity index is 0. The van der Waals surface area contributed by atoms with E-state index in [4.69, 9.17) is 6.57 Å². The molecule has 1 fully saturated rings. The SMILES string of the molecule is C[C-](C)C.[C-]#[N+][C-]1CCC(C(C)(C)C)CC1.[W+2]. The minimum atomic E-state index is 0. The molecular formula is C15H27NW. The molecule has 0 aromatic rings. The predicted molar refractivity (Wildman–Crippen MR) is 71.5 cm³/mol. The van der Waals surface area contributed by atoms with Crippen molar-refractivity contribution in [1.29, 1.82) is 0 Å². The van der Waals surface area contributed by atoms with Crippen molar-refractivity contribution in [2.24, 2.45) is 11.3 Å². The third-order valence-electron chi connectivity index (χ3n) is 2.95. The number of rotatable bonds is 0. The largest absolute Gasteiger partial charge is 2.00 e. The third kappa shape index (κ3) is 9.72. The molecule has 1 saturated carbocycles. The zero-order valence-electron chi connectivity index (χ0n) is 12.3. The number of hydrogen-bond acceptors (Lipinski definition) is 0. The van der Waals surface area contributed by atoms with Crippen LogP contribution in [0.2, 0.25) is 0 Å². The van der Waals surface area contributed by atoms with Gasteiger partial charge in [0.2, 0.25) is 0 Å². The van der Waals surface area contributed by atoms with E-state index in [0.29, 0.717) is 5.41 Å². The van der Waals surface area contributed by atoms with E-state index in [-0.39, 0.29) is 21.1 Å². The number of hydrogen-bond donors (Lipinski definition) is 0. The average Bonchev–Trinajstić information content (AvgIpc) is 2.16. The third-order valence-corrected chi connectivity index (χ3v) is 2.95. The smallest absolute Gasteiger partial charge is 0.458 e. The Morgan fingerprint density at radius 3 is 1.71 bits per heavy atom. The molecule has 1 aliphatic rings. The molecule has 0 amide bonds. The molecule has 0 saturated heterocycles. The van der Waals surface area contributed by atoms with E-state index in [9.17, 15) is 0 Å². The predicted octanol–water partition coefficient (Wildman–Crippen LogP) is 5.29. The molecule has 0 aliphatic heterocycles. The second kappa shape index (κ2) is 9.04. The van der Waals surface area contributed by atoms with Crippen molar-refractivity contribution >= 4 is 0 Å². The van der Waals surface area contributed by atoms with Gasteiger partial charge in [-0.15, -0.1) is 0 Å². The fraction of sp³-hybridized carbons (Fsp3) is 0.800. The first-order chi connectivity index (χ1) is 7.27. The van der Waals surface area contributed by atoms with Crippen LogP contribution in [0.25, 0.3) is 4.85 Å². The van der Waals surface area contributed by atoms with Crippen molar-refractivity contribution in [1.82, 2.24) is 0 Å². The second-order valence-electron chi connectivity index (χ2n) is 6.32. The van der Waals surface area contributed by atoms with Gasteiger partial charge in [-0.3, -0.25) is 6.57 Å². The summed E-state index contributed by atoms with van der Waals surface area (Å²) in [5.74, 6) is 2.24. The topological polar surface area (TPSA) is 4.36 Å². The van der Waals surface area contributed by atoms with Crippen LogP contribution in [0.1, 0.15) is 67.2 Å². The van der Waals surface area contributed by atoms with E-state index in [0.717, 1.165) is 24.8 Å². The maximum atomic E-state index is 6.91. The molecule has 0 bridgehead atoms. The van der Waals surface area contributed by atoms with Gasteiger partial charge in [-0.2, -0.15) is 20.8 Å². The summed E-state index contributed by atoms with van der Waals surface area (Å²) >= 11 is 0. The van der Waals surface area contributed by atoms with E-state index in [1.807, 2.05) is 0 Å². The molecule has 1 aliphatic carbocycles.